The van der Waals surface area contributed by atoms with Crippen molar-refractivity contribution in [2.75, 3.05) is 0 Å². The predicted octanol–water partition coefficient (Wildman–Crippen LogP) is 7.91. The third-order valence-electron chi connectivity index (χ3n) is 5.64. The van der Waals surface area contributed by atoms with Crippen molar-refractivity contribution in [2.45, 2.75) is 117 Å². The molecule has 0 amide bonds. The van der Waals surface area contributed by atoms with Gasteiger partial charge >= 0.3 is 36.2 Å². The summed E-state index contributed by atoms with van der Waals surface area (Å²) in [5.41, 5.74) is -0.683. The van der Waals surface area contributed by atoms with Crippen LogP contribution in [0, 0.1) is 23.7 Å². The number of halogens is 6. The van der Waals surface area contributed by atoms with Gasteiger partial charge < -0.3 is 19.7 Å². The number of hydrogen-bond acceptors (Lipinski definition) is 6. The van der Waals surface area contributed by atoms with Crippen molar-refractivity contribution in [3.63, 3.8) is 0 Å². The SMILES string of the molecule is C=C(C)C[C@@H](C(=O)OC(C)(C)C)[C@@H](CCC(F)(F)F)C(=O)O.C=C(C)C[C@H](C(=O)OC(C)(C)C)[C@@H](CCC(F)(F)F)C(=O)O. The predicted molar refractivity (Wildman–Crippen MR) is 150 cm³/mol. The van der Waals surface area contributed by atoms with Gasteiger partial charge in [0.2, 0.25) is 0 Å². The second-order valence-corrected chi connectivity index (χ2v) is 12.8. The van der Waals surface area contributed by atoms with E-state index in [2.05, 4.69) is 13.2 Å². The van der Waals surface area contributed by atoms with Gasteiger partial charge in [-0.15, -0.1) is 13.2 Å². The van der Waals surface area contributed by atoms with Crippen molar-refractivity contribution in [3.8, 4) is 0 Å². The highest BCUT2D eigenvalue weighted by Gasteiger charge is 2.40. The summed E-state index contributed by atoms with van der Waals surface area (Å²) in [5.74, 6) is -9.81. The number of esters is 2. The highest BCUT2D eigenvalue weighted by Crippen LogP contribution is 2.33. The zero-order valence-electron chi connectivity index (χ0n) is 26.6. The summed E-state index contributed by atoms with van der Waals surface area (Å²) in [6.45, 7) is 20.0. The van der Waals surface area contributed by atoms with Crippen LogP contribution in [-0.4, -0.2) is 57.6 Å². The largest absolute Gasteiger partial charge is 0.481 e. The summed E-state index contributed by atoms with van der Waals surface area (Å²) in [7, 11) is 0. The monoisotopic (exact) mass is 648 g/mol. The highest BCUT2D eigenvalue weighted by atomic mass is 19.4. The molecule has 14 heteroatoms. The minimum Gasteiger partial charge on any atom is -0.481 e. The molecule has 0 aromatic heterocycles. The van der Waals surface area contributed by atoms with Gasteiger partial charge in [0.25, 0.3) is 0 Å². The van der Waals surface area contributed by atoms with Gasteiger partial charge in [-0.1, -0.05) is 11.1 Å². The van der Waals surface area contributed by atoms with Crippen LogP contribution in [0.3, 0.4) is 0 Å². The second kappa shape index (κ2) is 17.4. The quantitative estimate of drug-likeness (QED) is 0.111. The standard InChI is InChI=1S/2C15H23F3O4/c2*1-9(2)8-11(13(21)22-14(3,4)5)10(12(19)20)6-7-15(16,17)18/h2*10-11H,1,6-8H2,2-5H3,(H,19,20)/t10-,11+;10-,11-/m11/s1. The first-order chi connectivity index (χ1) is 19.5. The van der Waals surface area contributed by atoms with E-state index in [4.69, 9.17) is 9.47 Å². The first-order valence-corrected chi connectivity index (χ1v) is 13.8. The molecule has 0 bridgehead atoms. The highest BCUT2D eigenvalue weighted by molar-refractivity contribution is 5.82. The molecule has 44 heavy (non-hydrogen) atoms. The number of allylic oxidation sites excluding steroid dienone is 2. The van der Waals surface area contributed by atoms with Gasteiger partial charge in [-0.3, -0.25) is 19.2 Å². The summed E-state index contributed by atoms with van der Waals surface area (Å²) in [5, 5.41) is 18.4. The molecular weight excluding hydrogens is 602 g/mol. The van der Waals surface area contributed by atoms with Crippen LogP contribution in [0.4, 0.5) is 26.3 Å². The molecule has 0 unspecified atom stereocenters. The first kappa shape index (κ1) is 43.1. The Hall–Kier alpha value is -3.06. The topological polar surface area (TPSA) is 127 Å². The van der Waals surface area contributed by atoms with Gasteiger partial charge in [-0.25, -0.2) is 0 Å². The Morgan fingerprint density at radius 2 is 0.841 bits per heavy atom. The average Bonchev–Trinajstić information content (AvgIpc) is 2.73. The number of ether oxygens (including phenoxy) is 2. The van der Waals surface area contributed by atoms with Gasteiger partial charge in [-0.05, 0) is 81.1 Å². The van der Waals surface area contributed by atoms with Crippen LogP contribution in [0.15, 0.2) is 24.3 Å². The second-order valence-electron chi connectivity index (χ2n) is 12.8. The zero-order valence-corrected chi connectivity index (χ0v) is 26.6. The third-order valence-corrected chi connectivity index (χ3v) is 5.64. The summed E-state index contributed by atoms with van der Waals surface area (Å²) < 4.78 is 84.4. The molecule has 0 rings (SSSR count). The van der Waals surface area contributed by atoms with E-state index in [1.165, 1.54) is 0 Å². The number of carbonyl (C=O) groups is 4. The van der Waals surface area contributed by atoms with Crippen LogP contribution in [0.5, 0.6) is 0 Å². The number of alkyl halides is 6. The van der Waals surface area contributed by atoms with E-state index in [-0.39, 0.29) is 12.8 Å². The maximum Gasteiger partial charge on any atom is 0.389 e. The molecule has 0 saturated carbocycles. The fraction of sp³-hybridized carbons (Fsp3) is 0.733. The van der Waals surface area contributed by atoms with Gasteiger partial charge in [0, 0.05) is 12.8 Å². The lowest BCUT2D eigenvalue weighted by Crippen LogP contribution is -2.36. The Kier molecular flexibility index (Phi) is 17.1. The van der Waals surface area contributed by atoms with Crippen LogP contribution < -0.4 is 0 Å². The summed E-state index contributed by atoms with van der Waals surface area (Å²) in [6.07, 6.45) is -12.9. The molecule has 0 aromatic rings. The average molecular weight is 649 g/mol. The molecule has 0 saturated heterocycles. The molecule has 0 aliphatic carbocycles. The van der Waals surface area contributed by atoms with E-state index in [1.54, 1.807) is 55.4 Å². The van der Waals surface area contributed by atoms with Crippen LogP contribution in [0.25, 0.3) is 0 Å². The van der Waals surface area contributed by atoms with Crippen molar-refractivity contribution >= 4 is 23.9 Å². The lowest BCUT2D eigenvalue weighted by molar-refractivity contribution is -0.169. The fourth-order valence-electron chi connectivity index (χ4n) is 3.92. The maximum atomic E-state index is 12.4. The molecule has 8 nitrogen and oxygen atoms in total. The molecule has 0 aliphatic heterocycles. The zero-order chi connectivity index (χ0) is 35.4. The smallest absolute Gasteiger partial charge is 0.389 e. The third kappa shape index (κ3) is 21.6. The number of aliphatic carboxylic acids is 2. The van der Waals surface area contributed by atoms with E-state index in [0.717, 1.165) is 0 Å². The number of rotatable bonds is 14. The number of carboxylic acid groups (broad SMARTS) is 2. The molecule has 0 aliphatic rings. The molecule has 2 N–H and O–H groups in total. The van der Waals surface area contributed by atoms with E-state index in [9.17, 15) is 55.7 Å². The van der Waals surface area contributed by atoms with Crippen LogP contribution in [-0.2, 0) is 28.7 Å². The number of hydrogen-bond donors (Lipinski definition) is 2. The molecular formula is C30H46F6O8. The molecule has 0 aromatic carbocycles. The number of carbonyl (C=O) groups excluding carboxylic acids is 2. The van der Waals surface area contributed by atoms with Gasteiger partial charge in [0.05, 0.1) is 23.7 Å². The lowest BCUT2D eigenvalue weighted by Gasteiger charge is -2.27. The van der Waals surface area contributed by atoms with E-state index in [1.807, 2.05) is 0 Å². The van der Waals surface area contributed by atoms with Crippen molar-refractivity contribution in [1.29, 1.82) is 0 Å². The summed E-state index contributed by atoms with van der Waals surface area (Å²) in [4.78, 5) is 46.9. The molecule has 0 heterocycles. The summed E-state index contributed by atoms with van der Waals surface area (Å²) in [6, 6.07) is 0. The Morgan fingerprint density at radius 1 is 0.591 bits per heavy atom. The van der Waals surface area contributed by atoms with Gasteiger partial charge in [0.1, 0.15) is 11.2 Å². The minimum absolute atomic E-state index is 0.0241. The van der Waals surface area contributed by atoms with Crippen molar-refractivity contribution < 1.29 is 65.2 Å². The maximum absolute atomic E-state index is 12.4. The Morgan fingerprint density at radius 3 is 1.00 bits per heavy atom. The first-order valence-electron chi connectivity index (χ1n) is 13.8. The van der Waals surface area contributed by atoms with E-state index >= 15 is 0 Å². The molecule has 256 valence electrons. The molecule has 4 atom stereocenters. The lowest BCUT2D eigenvalue weighted by atomic mass is 9.84. The van der Waals surface area contributed by atoms with Crippen LogP contribution >= 0.6 is 0 Å². The van der Waals surface area contributed by atoms with Gasteiger partial charge in [-0.2, -0.15) is 26.3 Å². The Bertz CT molecular complexity index is 923. The molecule has 0 fully saturated rings. The van der Waals surface area contributed by atoms with Crippen LogP contribution in [0.1, 0.15) is 93.9 Å². The normalized spacial score (nSPS) is 15.0. The Labute approximate surface area is 254 Å². The molecule has 0 radical (unpaired) electrons. The van der Waals surface area contributed by atoms with E-state index in [0.29, 0.717) is 11.1 Å². The minimum atomic E-state index is -4.48. The van der Waals surface area contributed by atoms with Crippen molar-refractivity contribution in [2.24, 2.45) is 23.7 Å². The van der Waals surface area contributed by atoms with E-state index < -0.39 is 96.8 Å². The molecule has 0 spiro atoms. The van der Waals surface area contributed by atoms with Crippen LogP contribution in [0.2, 0.25) is 0 Å². The van der Waals surface area contributed by atoms with Gasteiger partial charge in [0.15, 0.2) is 0 Å². The Balaban J connectivity index is 0. The van der Waals surface area contributed by atoms with Crippen molar-refractivity contribution in [1.82, 2.24) is 0 Å². The number of carboxylic acids is 2. The summed E-state index contributed by atoms with van der Waals surface area (Å²) >= 11 is 0. The van der Waals surface area contributed by atoms with Crippen molar-refractivity contribution in [3.05, 3.63) is 24.3 Å². The fourth-order valence-corrected chi connectivity index (χ4v) is 3.92.